The fourth-order valence-electron chi connectivity index (χ4n) is 2.16. The molecular weight excluding hydrogens is 352 g/mol. The molecule has 3 N–H and O–H groups in total. The van der Waals surface area contributed by atoms with Gasteiger partial charge in [0.25, 0.3) is 0 Å². The second-order valence-electron chi connectivity index (χ2n) is 5.97. The predicted octanol–water partition coefficient (Wildman–Crippen LogP) is 2.93. The Morgan fingerprint density at radius 1 is 1.08 bits per heavy atom. The van der Waals surface area contributed by atoms with E-state index in [0.29, 0.717) is 5.69 Å². The zero-order valence-corrected chi connectivity index (χ0v) is 15.5. The van der Waals surface area contributed by atoms with E-state index in [2.05, 4.69) is 10.0 Å². The number of phenols is 1. The number of hydrogen-bond acceptors (Lipinski definition) is 4. The monoisotopic (exact) mass is 374 g/mol. The maximum atomic E-state index is 11.9. The number of sulfonamides is 1. The van der Waals surface area contributed by atoms with Gasteiger partial charge in [-0.05, 0) is 43.2 Å². The Labute approximate surface area is 153 Å². The van der Waals surface area contributed by atoms with Crippen LogP contribution in [0, 0.1) is 13.8 Å². The molecular formula is C19H22N2O4S. The lowest BCUT2D eigenvalue weighted by atomic mass is 10.2. The molecule has 0 saturated carbocycles. The summed E-state index contributed by atoms with van der Waals surface area (Å²) < 4.78 is 26.2. The lowest BCUT2D eigenvalue weighted by molar-refractivity contribution is -0.116. The van der Waals surface area contributed by atoms with Gasteiger partial charge in [0.2, 0.25) is 15.9 Å². The summed E-state index contributed by atoms with van der Waals surface area (Å²) in [5.74, 6) is -0.422. The van der Waals surface area contributed by atoms with Crippen LogP contribution in [0.3, 0.4) is 0 Å². The molecule has 0 aromatic heterocycles. The van der Waals surface area contributed by atoms with Crippen molar-refractivity contribution in [3.05, 3.63) is 64.6 Å². The maximum absolute atomic E-state index is 11.9. The number of carbonyl (C=O) groups is 1. The highest BCUT2D eigenvalue weighted by Crippen LogP contribution is 2.23. The van der Waals surface area contributed by atoms with Crippen LogP contribution in [-0.2, 0) is 14.8 Å². The fraction of sp³-hybridized carbons (Fsp3) is 0.211. The van der Waals surface area contributed by atoms with Gasteiger partial charge in [-0.1, -0.05) is 35.9 Å². The lowest BCUT2D eigenvalue weighted by Crippen LogP contribution is -2.26. The Kier molecular flexibility index (Phi) is 6.54. The molecule has 0 fully saturated rings. The third-order valence-electron chi connectivity index (χ3n) is 3.60. The van der Waals surface area contributed by atoms with Crippen molar-refractivity contribution in [1.29, 1.82) is 0 Å². The van der Waals surface area contributed by atoms with Crippen molar-refractivity contribution in [3.8, 4) is 5.75 Å². The molecule has 0 bridgehead atoms. The van der Waals surface area contributed by atoms with Crippen LogP contribution in [0.1, 0.15) is 23.1 Å². The average molecular weight is 374 g/mol. The standard InChI is InChI=1S/C19H22N2O4S/c1-14-3-6-16(7-4-14)10-12-26(24,25)20-11-9-19(23)21-17-8-5-15(2)13-18(17)22/h3-8,10,12-13,20,22H,9,11H2,1-2H3,(H,21,23)/b12-10+. The molecule has 0 spiro atoms. The molecule has 0 heterocycles. The topological polar surface area (TPSA) is 95.5 Å². The van der Waals surface area contributed by atoms with E-state index < -0.39 is 15.9 Å². The van der Waals surface area contributed by atoms with E-state index in [0.717, 1.165) is 22.1 Å². The van der Waals surface area contributed by atoms with Crippen molar-refractivity contribution in [2.24, 2.45) is 0 Å². The highest BCUT2D eigenvalue weighted by atomic mass is 32.2. The van der Waals surface area contributed by atoms with Crippen LogP contribution >= 0.6 is 0 Å². The normalized spacial score (nSPS) is 11.6. The van der Waals surface area contributed by atoms with E-state index in [-0.39, 0.29) is 18.7 Å². The van der Waals surface area contributed by atoms with Gasteiger partial charge in [-0.25, -0.2) is 13.1 Å². The minimum Gasteiger partial charge on any atom is -0.506 e. The zero-order chi connectivity index (χ0) is 19.2. The molecule has 7 heteroatoms. The number of nitrogens with one attached hydrogen (secondary N) is 2. The van der Waals surface area contributed by atoms with Crippen LogP contribution in [0.5, 0.6) is 5.75 Å². The Balaban J connectivity index is 1.83. The third kappa shape index (κ3) is 6.34. The van der Waals surface area contributed by atoms with Gasteiger partial charge in [-0.15, -0.1) is 0 Å². The number of benzene rings is 2. The van der Waals surface area contributed by atoms with E-state index >= 15 is 0 Å². The number of aryl methyl sites for hydroxylation is 2. The van der Waals surface area contributed by atoms with Crippen LogP contribution in [0.2, 0.25) is 0 Å². The second kappa shape index (κ2) is 8.64. The van der Waals surface area contributed by atoms with Gasteiger partial charge in [0.1, 0.15) is 5.75 Å². The number of hydrogen-bond donors (Lipinski definition) is 3. The smallest absolute Gasteiger partial charge is 0.233 e. The Bertz CT molecular complexity index is 904. The summed E-state index contributed by atoms with van der Waals surface area (Å²) in [6.45, 7) is 3.73. The van der Waals surface area contributed by atoms with Crippen molar-refractivity contribution in [2.45, 2.75) is 20.3 Å². The van der Waals surface area contributed by atoms with Crippen molar-refractivity contribution in [2.75, 3.05) is 11.9 Å². The molecule has 2 rings (SSSR count). The molecule has 0 aliphatic carbocycles. The van der Waals surface area contributed by atoms with E-state index in [1.807, 2.05) is 38.1 Å². The van der Waals surface area contributed by atoms with Crippen LogP contribution < -0.4 is 10.0 Å². The minimum absolute atomic E-state index is 0.0278. The summed E-state index contributed by atoms with van der Waals surface area (Å²) in [4.78, 5) is 11.9. The van der Waals surface area contributed by atoms with E-state index in [4.69, 9.17) is 0 Å². The van der Waals surface area contributed by atoms with Gasteiger partial charge >= 0.3 is 0 Å². The molecule has 2 aromatic rings. The molecule has 0 saturated heterocycles. The highest BCUT2D eigenvalue weighted by Gasteiger charge is 2.09. The first-order valence-electron chi connectivity index (χ1n) is 8.09. The van der Waals surface area contributed by atoms with Crippen molar-refractivity contribution in [3.63, 3.8) is 0 Å². The molecule has 1 amide bonds. The van der Waals surface area contributed by atoms with Crippen LogP contribution in [0.25, 0.3) is 6.08 Å². The van der Waals surface area contributed by atoms with Gasteiger partial charge in [0, 0.05) is 18.4 Å². The molecule has 6 nitrogen and oxygen atoms in total. The number of amides is 1. The summed E-state index contributed by atoms with van der Waals surface area (Å²) in [5, 5.41) is 13.4. The van der Waals surface area contributed by atoms with Crippen LogP contribution in [0.15, 0.2) is 47.9 Å². The van der Waals surface area contributed by atoms with Gasteiger partial charge in [-0.2, -0.15) is 0 Å². The van der Waals surface area contributed by atoms with Gasteiger partial charge < -0.3 is 10.4 Å². The number of carbonyl (C=O) groups excluding carboxylic acids is 1. The summed E-state index contributed by atoms with van der Waals surface area (Å²) >= 11 is 0. The number of rotatable bonds is 7. The predicted molar refractivity (Wildman–Crippen MR) is 103 cm³/mol. The summed E-state index contributed by atoms with van der Waals surface area (Å²) in [6, 6.07) is 12.3. The zero-order valence-electron chi connectivity index (χ0n) is 14.7. The number of anilines is 1. The molecule has 0 aliphatic heterocycles. The quantitative estimate of drug-likeness (QED) is 0.649. The average Bonchev–Trinajstić information content (AvgIpc) is 2.57. The minimum atomic E-state index is -3.63. The van der Waals surface area contributed by atoms with Crippen LogP contribution in [-0.4, -0.2) is 26.0 Å². The van der Waals surface area contributed by atoms with Gasteiger partial charge in [0.15, 0.2) is 0 Å². The number of phenolic OH excluding ortho intramolecular Hbond substituents is 1. The van der Waals surface area contributed by atoms with Gasteiger partial charge in [0.05, 0.1) is 5.69 Å². The Morgan fingerprint density at radius 2 is 1.73 bits per heavy atom. The van der Waals surface area contributed by atoms with E-state index in [1.54, 1.807) is 12.1 Å². The summed E-state index contributed by atoms with van der Waals surface area (Å²) in [7, 11) is -3.63. The first kappa shape index (κ1) is 19.7. The highest BCUT2D eigenvalue weighted by molar-refractivity contribution is 7.92. The summed E-state index contributed by atoms with van der Waals surface area (Å²) in [6.07, 6.45) is 1.44. The molecule has 0 aliphatic rings. The van der Waals surface area contributed by atoms with Crippen molar-refractivity contribution < 1.29 is 18.3 Å². The van der Waals surface area contributed by atoms with Crippen molar-refractivity contribution in [1.82, 2.24) is 4.72 Å². The van der Waals surface area contributed by atoms with Crippen LogP contribution in [0.4, 0.5) is 5.69 Å². The first-order valence-corrected chi connectivity index (χ1v) is 9.64. The van der Waals surface area contributed by atoms with Gasteiger partial charge in [-0.3, -0.25) is 4.79 Å². The first-order chi connectivity index (χ1) is 12.2. The largest absolute Gasteiger partial charge is 0.506 e. The molecule has 0 atom stereocenters. The molecule has 138 valence electrons. The maximum Gasteiger partial charge on any atom is 0.233 e. The SMILES string of the molecule is Cc1ccc(/C=C/S(=O)(=O)NCCC(=O)Nc2ccc(C)cc2O)cc1. The lowest BCUT2D eigenvalue weighted by Gasteiger charge is -2.08. The van der Waals surface area contributed by atoms with E-state index in [1.165, 1.54) is 12.1 Å². The van der Waals surface area contributed by atoms with Crippen molar-refractivity contribution >= 4 is 27.7 Å². The fourth-order valence-corrected chi connectivity index (χ4v) is 2.98. The Morgan fingerprint density at radius 3 is 2.38 bits per heavy atom. The molecule has 26 heavy (non-hydrogen) atoms. The second-order valence-corrected chi connectivity index (χ2v) is 7.62. The Hall–Kier alpha value is -2.64. The summed E-state index contributed by atoms with van der Waals surface area (Å²) in [5.41, 5.74) is 3.03. The third-order valence-corrected chi connectivity index (χ3v) is 4.70. The van der Waals surface area contributed by atoms with E-state index in [9.17, 15) is 18.3 Å². The number of aromatic hydroxyl groups is 1. The molecule has 0 radical (unpaired) electrons. The molecule has 2 aromatic carbocycles. The molecule has 0 unspecified atom stereocenters.